The molecular weight excluding hydrogens is 793 g/mol. The third-order valence-corrected chi connectivity index (χ3v) is 13.2. The van der Waals surface area contributed by atoms with E-state index in [1.54, 1.807) is 0 Å². The molecule has 0 rings (SSSR count). The van der Waals surface area contributed by atoms with Gasteiger partial charge in [-0.1, -0.05) is 285 Å². The van der Waals surface area contributed by atoms with Crippen LogP contribution in [0.1, 0.15) is 324 Å². The monoisotopic (exact) mass is 905 g/mol. The number of ether oxygens (including phenoxy) is 3. The summed E-state index contributed by atoms with van der Waals surface area (Å²) in [6.07, 6.45) is 53.8. The van der Waals surface area contributed by atoms with Crippen molar-refractivity contribution >= 4 is 17.9 Å². The molecule has 0 aliphatic carbocycles. The predicted octanol–water partition coefficient (Wildman–Crippen LogP) is 18.9. The Morgan fingerprint density at radius 3 is 0.766 bits per heavy atom. The second-order valence-corrected chi connectivity index (χ2v) is 20.9. The van der Waals surface area contributed by atoms with Gasteiger partial charge in [0.25, 0.3) is 0 Å². The van der Waals surface area contributed by atoms with E-state index in [0.717, 1.165) is 69.6 Å². The Morgan fingerprint density at radius 2 is 0.516 bits per heavy atom. The SMILES string of the molecule is CCCCCCCCCCCCCCCCCCCC(=O)OC[C@@H](COC(=O)CCCCCCCCCCCCCCCCC(C)C)OC(=O)CCCCCCCCCCCC(C)C. The lowest BCUT2D eigenvalue weighted by atomic mass is 10.0. The Balaban J connectivity index is 4.27. The minimum Gasteiger partial charge on any atom is -0.462 e. The second-order valence-electron chi connectivity index (χ2n) is 20.9. The van der Waals surface area contributed by atoms with Crippen molar-refractivity contribution in [3.63, 3.8) is 0 Å². The molecule has 0 saturated heterocycles. The molecule has 0 N–H and O–H groups in total. The molecule has 0 saturated carbocycles. The van der Waals surface area contributed by atoms with Crippen LogP contribution >= 0.6 is 0 Å². The Hall–Kier alpha value is -1.59. The van der Waals surface area contributed by atoms with Crippen LogP contribution in [-0.2, 0) is 28.6 Å². The number of esters is 3. The first kappa shape index (κ1) is 62.4. The van der Waals surface area contributed by atoms with Crippen LogP contribution in [0.4, 0.5) is 0 Å². The summed E-state index contributed by atoms with van der Waals surface area (Å²) in [6, 6.07) is 0. The summed E-state index contributed by atoms with van der Waals surface area (Å²) >= 11 is 0. The van der Waals surface area contributed by atoms with Crippen molar-refractivity contribution in [3.05, 3.63) is 0 Å². The molecule has 0 aliphatic rings. The van der Waals surface area contributed by atoms with Gasteiger partial charge in [0.1, 0.15) is 13.2 Å². The lowest BCUT2D eigenvalue weighted by molar-refractivity contribution is -0.167. The van der Waals surface area contributed by atoms with Crippen molar-refractivity contribution in [2.75, 3.05) is 13.2 Å². The molecule has 0 aromatic rings. The van der Waals surface area contributed by atoms with E-state index in [0.29, 0.717) is 19.3 Å². The van der Waals surface area contributed by atoms with E-state index >= 15 is 0 Å². The van der Waals surface area contributed by atoms with Gasteiger partial charge in [0.2, 0.25) is 0 Å². The Morgan fingerprint density at radius 1 is 0.297 bits per heavy atom. The third-order valence-electron chi connectivity index (χ3n) is 13.2. The summed E-state index contributed by atoms with van der Waals surface area (Å²) in [5, 5.41) is 0. The van der Waals surface area contributed by atoms with Crippen molar-refractivity contribution in [3.8, 4) is 0 Å². The molecule has 6 heteroatoms. The van der Waals surface area contributed by atoms with Gasteiger partial charge in [0.15, 0.2) is 6.10 Å². The van der Waals surface area contributed by atoms with E-state index in [-0.39, 0.29) is 31.1 Å². The maximum atomic E-state index is 12.8. The number of carbonyl (C=O) groups excluding carboxylic acids is 3. The van der Waals surface area contributed by atoms with Gasteiger partial charge in [-0.15, -0.1) is 0 Å². The highest BCUT2D eigenvalue weighted by Gasteiger charge is 2.19. The summed E-state index contributed by atoms with van der Waals surface area (Å²) in [5.41, 5.74) is 0. The second kappa shape index (κ2) is 50.8. The summed E-state index contributed by atoms with van der Waals surface area (Å²) in [6.45, 7) is 11.4. The molecule has 0 radical (unpaired) electrons. The van der Waals surface area contributed by atoms with Gasteiger partial charge >= 0.3 is 17.9 Å². The molecule has 0 fully saturated rings. The zero-order chi connectivity index (χ0) is 46.8. The van der Waals surface area contributed by atoms with Gasteiger partial charge in [0.05, 0.1) is 0 Å². The lowest BCUT2D eigenvalue weighted by Crippen LogP contribution is -2.30. The van der Waals surface area contributed by atoms with Crippen LogP contribution in [-0.4, -0.2) is 37.2 Å². The first-order chi connectivity index (χ1) is 31.2. The molecule has 0 amide bonds. The average molecular weight is 906 g/mol. The number of rotatable bonds is 52. The van der Waals surface area contributed by atoms with Crippen LogP contribution < -0.4 is 0 Å². The molecule has 6 nitrogen and oxygen atoms in total. The van der Waals surface area contributed by atoms with Crippen LogP contribution in [0.3, 0.4) is 0 Å². The summed E-state index contributed by atoms with van der Waals surface area (Å²) in [4.78, 5) is 38.1. The number of hydrogen-bond donors (Lipinski definition) is 0. The van der Waals surface area contributed by atoms with E-state index in [9.17, 15) is 14.4 Å². The van der Waals surface area contributed by atoms with E-state index in [2.05, 4.69) is 34.6 Å². The molecule has 0 aromatic heterocycles. The van der Waals surface area contributed by atoms with Gasteiger partial charge in [-0.2, -0.15) is 0 Å². The molecule has 0 bridgehead atoms. The Labute approximate surface area is 399 Å². The first-order valence-electron chi connectivity index (χ1n) is 28.7. The molecule has 0 aromatic carbocycles. The smallest absolute Gasteiger partial charge is 0.306 e. The normalized spacial score (nSPS) is 12.0. The Kier molecular flexibility index (Phi) is 49.6. The molecule has 0 heterocycles. The molecule has 0 aliphatic heterocycles. The van der Waals surface area contributed by atoms with Crippen LogP contribution in [0, 0.1) is 11.8 Å². The third kappa shape index (κ3) is 51.4. The van der Waals surface area contributed by atoms with E-state index in [4.69, 9.17) is 14.2 Å². The highest BCUT2D eigenvalue weighted by Crippen LogP contribution is 2.18. The highest BCUT2D eigenvalue weighted by atomic mass is 16.6. The number of hydrogen-bond acceptors (Lipinski definition) is 6. The van der Waals surface area contributed by atoms with Crippen molar-refractivity contribution in [2.45, 2.75) is 330 Å². The number of unbranched alkanes of at least 4 members (excludes halogenated alkanes) is 37. The lowest BCUT2D eigenvalue weighted by Gasteiger charge is -2.18. The fourth-order valence-electron chi connectivity index (χ4n) is 8.87. The zero-order valence-electron chi connectivity index (χ0n) is 43.9. The van der Waals surface area contributed by atoms with Crippen LogP contribution in [0.15, 0.2) is 0 Å². The van der Waals surface area contributed by atoms with E-state index in [1.807, 2.05) is 0 Å². The molecule has 0 spiro atoms. The topological polar surface area (TPSA) is 78.9 Å². The summed E-state index contributed by atoms with van der Waals surface area (Å²) in [5.74, 6) is 0.809. The fraction of sp³-hybridized carbons (Fsp3) is 0.948. The maximum absolute atomic E-state index is 12.8. The molecule has 380 valence electrons. The minimum atomic E-state index is -0.763. The number of carbonyl (C=O) groups is 3. The summed E-state index contributed by atoms with van der Waals surface area (Å²) < 4.78 is 16.9. The van der Waals surface area contributed by atoms with Gasteiger partial charge < -0.3 is 14.2 Å². The predicted molar refractivity (Wildman–Crippen MR) is 275 cm³/mol. The first-order valence-corrected chi connectivity index (χ1v) is 28.7. The standard InChI is InChI=1S/C58H112O6/c1-6-7-8-9-10-11-12-13-14-15-16-20-23-28-33-38-43-48-56(59)62-51-55(64-58(61)50-45-40-35-30-25-27-32-37-42-47-54(4)5)52-63-57(60)49-44-39-34-29-24-21-18-17-19-22-26-31-36-41-46-53(2)3/h53-55H,6-52H2,1-5H3/t55-/m0/s1. The van der Waals surface area contributed by atoms with Crippen LogP contribution in [0.2, 0.25) is 0 Å². The van der Waals surface area contributed by atoms with Crippen molar-refractivity contribution < 1.29 is 28.6 Å². The van der Waals surface area contributed by atoms with Crippen molar-refractivity contribution in [2.24, 2.45) is 11.8 Å². The average Bonchev–Trinajstić information content (AvgIpc) is 3.27. The maximum Gasteiger partial charge on any atom is 0.306 e. The molecule has 1 atom stereocenters. The van der Waals surface area contributed by atoms with Gasteiger partial charge in [-0.25, -0.2) is 0 Å². The largest absolute Gasteiger partial charge is 0.462 e. The van der Waals surface area contributed by atoms with Gasteiger partial charge in [-0.05, 0) is 31.1 Å². The minimum absolute atomic E-state index is 0.0631. The van der Waals surface area contributed by atoms with E-state index in [1.165, 1.54) is 212 Å². The molecular formula is C58H112O6. The van der Waals surface area contributed by atoms with E-state index < -0.39 is 6.10 Å². The van der Waals surface area contributed by atoms with Gasteiger partial charge in [-0.3, -0.25) is 14.4 Å². The van der Waals surface area contributed by atoms with Crippen molar-refractivity contribution in [1.29, 1.82) is 0 Å². The van der Waals surface area contributed by atoms with Crippen molar-refractivity contribution in [1.82, 2.24) is 0 Å². The highest BCUT2D eigenvalue weighted by molar-refractivity contribution is 5.71. The molecule has 0 unspecified atom stereocenters. The van der Waals surface area contributed by atoms with Crippen LogP contribution in [0.5, 0.6) is 0 Å². The fourth-order valence-corrected chi connectivity index (χ4v) is 8.87. The Bertz CT molecular complexity index is 978. The summed E-state index contributed by atoms with van der Waals surface area (Å²) in [7, 11) is 0. The quantitative estimate of drug-likeness (QED) is 0.0344. The zero-order valence-corrected chi connectivity index (χ0v) is 43.9. The van der Waals surface area contributed by atoms with Gasteiger partial charge in [0, 0.05) is 19.3 Å². The molecule has 64 heavy (non-hydrogen) atoms. The van der Waals surface area contributed by atoms with Crippen LogP contribution in [0.25, 0.3) is 0 Å².